The summed E-state index contributed by atoms with van der Waals surface area (Å²) in [5, 5.41) is 6.52. The smallest absolute Gasteiger partial charge is 0.109 e. The van der Waals surface area contributed by atoms with Crippen molar-refractivity contribution < 1.29 is 0 Å². The highest BCUT2D eigenvalue weighted by atomic mass is 15.5. The fourth-order valence-electron chi connectivity index (χ4n) is 8.55. The minimum absolute atomic E-state index is 0.0296. The lowest BCUT2D eigenvalue weighted by atomic mass is 9.82. The summed E-state index contributed by atoms with van der Waals surface area (Å²) in [4.78, 5) is 2.51. The van der Waals surface area contributed by atoms with Crippen LogP contribution in [0.25, 0.3) is 49.7 Å². The maximum absolute atomic E-state index is 3.94. The van der Waals surface area contributed by atoms with Gasteiger partial charge in [-0.3, -0.25) is 5.32 Å². The van der Waals surface area contributed by atoms with Crippen molar-refractivity contribution in [3.8, 4) is 27.9 Å². The zero-order chi connectivity index (χ0) is 33.4. The van der Waals surface area contributed by atoms with E-state index in [1.807, 2.05) is 0 Å². The molecule has 1 aliphatic carbocycles. The predicted molar refractivity (Wildman–Crippen MR) is 208 cm³/mol. The highest BCUT2D eigenvalue weighted by Gasteiger charge is 2.40. The van der Waals surface area contributed by atoms with Crippen LogP contribution >= 0.6 is 0 Å². The maximum Gasteiger partial charge on any atom is 0.109 e. The third kappa shape index (κ3) is 4.33. The Morgan fingerprint density at radius 3 is 1.94 bits per heavy atom. The molecule has 2 heterocycles. The molecule has 0 amide bonds. The van der Waals surface area contributed by atoms with E-state index < -0.39 is 0 Å². The monoisotopic (exact) mass is 643 g/mol. The minimum Gasteiger partial charge on any atom is -0.332 e. The van der Waals surface area contributed by atoms with Crippen LogP contribution in [0.4, 0.5) is 5.69 Å². The molecule has 0 bridgehead atoms. The van der Waals surface area contributed by atoms with Crippen LogP contribution in [-0.4, -0.2) is 4.57 Å². The zero-order valence-corrected chi connectivity index (χ0v) is 28.2. The number of anilines is 1. The van der Waals surface area contributed by atoms with E-state index in [0.29, 0.717) is 0 Å². The Hall–Kier alpha value is -5.90. The van der Waals surface area contributed by atoms with Gasteiger partial charge in [0, 0.05) is 27.6 Å². The van der Waals surface area contributed by atoms with E-state index in [1.165, 1.54) is 77.7 Å². The Balaban J connectivity index is 1.07. The van der Waals surface area contributed by atoms with E-state index in [0.717, 1.165) is 0 Å². The normalized spacial score (nSPS) is 17.4. The number of fused-ring (bicyclic) bond motifs is 6. The summed E-state index contributed by atoms with van der Waals surface area (Å²) in [5.74, 6) is 0. The molecule has 1 saturated heterocycles. The van der Waals surface area contributed by atoms with Gasteiger partial charge in [-0.05, 0) is 87.0 Å². The summed E-state index contributed by atoms with van der Waals surface area (Å²) < 4.78 is 2.47. The van der Waals surface area contributed by atoms with Gasteiger partial charge in [-0.1, -0.05) is 141 Å². The molecular weight excluding hydrogens is 607 g/mol. The molecule has 2 unspecified atom stereocenters. The van der Waals surface area contributed by atoms with Crippen molar-refractivity contribution in [3.63, 3.8) is 0 Å². The zero-order valence-electron chi connectivity index (χ0n) is 28.2. The molecule has 8 aromatic rings. The second-order valence-corrected chi connectivity index (χ2v) is 14.2. The van der Waals surface area contributed by atoms with Crippen molar-refractivity contribution in [1.29, 1.82) is 0 Å². The van der Waals surface area contributed by atoms with Crippen LogP contribution in [-0.2, 0) is 5.41 Å². The molecule has 7 aromatic carbocycles. The Morgan fingerprint density at radius 2 is 1.12 bits per heavy atom. The third-order valence-electron chi connectivity index (χ3n) is 11.1. The summed E-state index contributed by atoms with van der Waals surface area (Å²) in [7, 11) is 0. The minimum atomic E-state index is -0.0659. The summed E-state index contributed by atoms with van der Waals surface area (Å²) >= 11 is 0. The van der Waals surface area contributed by atoms with Gasteiger partial charge >= 0.3 is 0 Å². The highest BCUT2D eigenvalue weighted by molar-refractivity contribution is 6.11. The third-order valence-corrected chi connectivity index (χ3v) is 11.1. The van der Waals surface area contributed by atoms with Gasteiger partial charge in [0.25, 0.3) is 0 Å². The van der Waals surface area contributed by atoms with E-state index in [1.54, 1.807) is 0 Å². The molecule has 0 saturated carbocycles. The molecule has 2 aliphatic rings. The molecule has 50 heavy (non-hydrogen) atoms. The van der Waals surface area contributed by atoms with E-state index in [4.69, 9.17) is 0 Å². The molecule has 3 heteroatoms. The SMILES string of the molecule is CC1(C)c2ccccc2-c2cc3c4ccccc4n(-c4cccc(C5NC(c6ccc(-c7ccccc7)cc6)N5c5ccccc5)c4)c3cc21. The number of nitrogens with one attached hydrogen (secondary N) is 1. The van der Waals surface area contributed by atoms with Gasteiger partial charge < -0.3 is 9.47 Å². The van der Waals surface area contributed by atoms with Gasteiger partial charge in [-0.15, -0.1) is 0 Å². The van der Waals surface area contributed by atoms with E-state index in [9.17, 15) is 0 Å². The van der Waals surface area contributed by atoms with Crippen molar-refractivity contribution in [2.45, 2.75) is 31.6 Å². The highest BCUT2D eigenvalue weighted by Crippen LogP contribution is 2.51. The number of benzene rings is 7. The molecular formula is C47H37N3. The van der Waals surface area contributed by atoms with Crippen LogP contribution < -0.4 is 10.2 Å². The van der Waals surface area contributed by atoms with Crippen LogP contribution in [0.2, 0.25) is 0 Å². The molecule has 2 atom stereocenters. The number of nitrogens with zero attached hydrogens (tertiary/aromatic N) is 2. The van der Waals surface area contributed by atoms with Crippen molar-refractivity contribution in [2.75, 3.05) is 4.90 Å². The standard InChI is InChI=1S/C47H37N3/c1-47(2)41-22-11-9-20-37(41)39-29-40-38-21-10-12-23-43(38)49(44(40)30-42(39)47)36-19-13-16-34(28-36)46-48-45(50(46)35-17-7-4-8-18-35)33-26-24-32(25-27-33)31-14-5-3-6-15-31/h3-30,45-46,48H,1-2H3. The fourth-order valence-corrected chi connectivity index (χ4v) is 8.55. The molecule has 0 spiro atoms. The number of hydrogen-bond donors (Lipinski definition) is 1. The summed E-state index contributed by atoms with van der Waals surface area (Å²) in [6.07, 6.45) is 0.0949. The lowest BCUT2D eigenvalue weighted by Crippen LogP contribution is -2.57. The van der Waals surface area contributed by atoms with Gasteiger partial charge in [0.05, 0.1) is 11.0 Å². The Bertz CT molecular complexity index is 2550. The van der Waals surface area contributed by atoms with Crippen molar-refractivity contribution >= 4 is 27.5 Å². The molecule has 0 radical (unpaired) electrons. The van der Waals surface area contributed by atoms with Crippen molar-refractivity contribution in [2.24, 2.45) is 0 Å². The topological polar surface area (TPSA) is 20.2 Å². The summed E-state index contributed by atoms with van der Waals surface area (Å²) in [5.41, 5.74) is 15.3. The van der Waals surface area contributed by atoms with E-state index in [2.05, 4.69) is 198 Å². The average Bonchev–Trinajstić information content (AvgIpc) is 3.59. The second kappa shape index (κ2) is 11.1. The Labute approximate surface area is 293 Å². The number of rotatable bonds is 5. The first-order valence-corrected chi connectivity index (χ1v) is 17.6. The molecule has 10 rings (SSSR count). The van der Waals surface area contributed by atoms with E-state index in [-0.39, 0.29) is 17.7 Å². The largest absolute Gasteiger partial charge is 0.332 e. The van der Waals surface area contributed by atoms with Crippen molar-refractivity contribution in [1.82, 2.24) is 9.88 Å². The van der Waals surface area contributed by atoms with Gasteiger partial charge in [0.2, 0.25) is 0 Å². The maximum atomic E-state index is 3.94. The Kier molecular flexibility index (Phi) is 6.43. The summed E-state index contributed by atoms with van der Waals surface area (Å²) in [6, 6.07) is 62.2. The van der Waals surface area contributed by atoms with Crippen LogP contribution in [0.5, 0.6) is 0 Å². The molecule has 1 fully saturated rings. The predicted octanol–water partition coefficient (Wildman–Crippen LogP) is 11.6. The van der Waals surface area contributed by atoms with Gasteiger partial charge in [-0.25, -0.2) is 0 Å². The fraction of sp³-hybridized carbons (Fsp3) is 0.106. The molecule has 1 aliphatic heterocycles. The van der Waals surface area contributed by atoms with Crippen LogP contribution in [0.3, 0.4) is 0 Å². The van der Waals surface area contributed by atoms with Gasteiger partial charge in [0.1, 0.15) is 12.3 Å². The lowest BCUT2D eigenvalue weighted by Gasteiger charge is -2.52. The number of hydrogen-bond acceptors (Lipinski definition) is 2. The molecule has 1 N–H and O–H groups in total. The average molecular weight is 644 g/mol. The van der Waals surface area contributed by atoms with E-state index >= 15 is 0 Å². The van der Waals surface area contributed by atoms with Gasteiger partial charge in [-0.2, -0.15) is 0 Å². The Morgan fingerprint density at radius 1 is 0.460 bits per heavy atom. The van der Waals surface area contributed by atoms with Crippen LogP contribution in [0, 0.1) is 0 Å². The molecule has 1 aromatic heterocycles. The lowest BCUT2D eigenvalue weighted by molar-refractivity contribution is 0.276. The summed E-state index contributed by atoms with van der Waals surface area (Å²) in [6.45, 7) is 4.73. The first-order valence-electron chi connectivity index (χ1n) is 17.6. The van der Waals surface area contributed by atoms with Crippen molar-refractivity contribution in [3.05, 3.63) is 192 Å². The van der Waals surface area contributed by atoms with Crippen LogP contribution in [0.15, 0.2) is 170 Å². The first kappa shape index (κ1) is 29.1. The molecule has 240 valence electrons. The quantitative estimate of drug-likeness (QED) is 0.201. The number of aromatic nitrogens is 1. The van der Waals surface area contributed by atoms with Crippen LogP contribution in [0.1, 0.15) is 48.4 Å². The second-order valence-electron chi connectivity index (χ2n) is 14.2. The first-order chi connectivity index (χ1) is 24.6. The molecule has 3 nitrogen and oxygen atoms in total. The van der Waals surface area contributed by atoms with Gasteiger partial charge in [0.15, 0.2) is 0 Å². The number of para-hydroxylation sites is 2.